The van der Waals surface area contributed by atoms with Gasteiger partial charge in [0, 0.05) is 15.7 Å². The lowest BCUT2D eigenvalue weighted by Gasteiger charge is -2.29. The fraction of sp³-hybridized carbons (Fsp3) is 0.750. The number of carbonyl (C=O) groups is 1. The molecule has 2 nitrogen and oxygen atoms in total. The summed E-state index contributed by atoms with van der Waals surface area (Å²) in [6, 6.07) is 0. The van der Waals surface area contributed by atoms with E-state index in [1.807, 2.05) is 30.4 Å². The van der Waals surface area contributed by atoms with E-state index in [2.05, 4.69) is 0 Å². The molecule has 2 atom stereocenters. The van der Waals surface area contributed by atoms with Crippen molar-refractivity contribution in [1.82, 2.24) is 0 Å². The van der Waals surface area contributed by atoms with Crippen LogP contribution in [-0.4, -0.2) is 22.8 Å². The Morgan fingerprint density at radius 3 is 2.56 bits per heavy atom. The van der Waals surface area contributed by atoms with Crippen LogP contribution in [0, 0.1) is 5.92 Å². The first-order chi connectivity index (χ1) is 7.53. The van der Waals surface area contributed by atoms with Gasteiger partial charge in [0.1, 0.15) is 5.78 Å². The van der Waals surface area contributed by atoms with Crippen LogP contribution in [0.2, 0.25) is 0 Å². The van der Waals surface area contributed by atoms with Crippen molar-refractivity contribution in [3.8, 4) is 0 Å². The molecule has 1 heterocycles. The topological polar surface area (TPSA) is 43.1 Å². The van der Waals surface area contributed by atoms with Gasteiger partial charge in [0.2, 0.25) is 0 Å². The van der Waals surface area contributed by atoms with Crippen molar-refractivity contribution in [2.24, 2.45) is 11.7 Å². The van der Waals surface area contributed by atoms with Crippen LogP contribution in [0.1, 0.15) is 33.1 Å². The van der Waals surface area contributed by atoms with E-state index in [1.165, 1.54) is 27.7 Å². The minimum absolute atomic E-state index is 0.0260. The summed E-state index contributed by atoms with van der Waals surface area (Å²) in [5, 5.41) is 0. The third kappa shape index (κ3) is 2.20. The van der Waals surface area contributed by atoms with E-state index in [-0.39, 0.29) is 11.7 Å². The van der Waals surface area contributed by atoms with E-state index in [1.54, 1.807) is 6.92 Å². The number of thioether (sulfide) groups is 2. The van der Waals surface area contributed by atoms with Crippen molar-refractivity contribution in [1.29, 1.82) is 0 Å². The molecule has 1 aliphatic carbocycles. The molecule has 2 N–H and O–H groups in total. The standard InChI is InChI=1S/C12H19NOS2/c1-8(14)9-4-5-10(12(9,2)13)11-15-6-3-7-16-11/h9H,3-7,13H2,1-2H3. The van der Waals surface area contributed by atoms with Crippen LogP contribution >= 0.6 is 23.5 Å². The zero-order valence-electron chi connectivity index (χ0n) is 9.91. The smallest absolute Gasteiger partial charge is 0.135 e. The Kier molecular flexibility index (Phi) is 3.72. The molecule has 1 saturated carbocycles. The molecule has 0 aromatic carbocycles. The van der Waals surface area contributed by atoms with Gasteiger partial charge in [-0.2, -0.15) is 0 Å². The van der Waals surface area contributed by atoms with Gasteiger partial charge in [0.25, 0.3) is 0 Å². The Morgan fingerprint density at radius 1 is 1.44 bits per heavy atom. The van der Waals surface area contributed by atoms with Gasteiger partial charge in [0.05, 0.1) is 0 Å². The van der Waals surface area contributed by atoms with Crippen molar-refractivity contribution in [3.63, 3.8) is 0 Å². The summed E-state index contributed by atoms with van der Waals surface area (Å²) >= 11 is 3.86. The molecule has 16 heavy (non-hydrogen) atoms. The molecule has 0 aromatic heterocycles. The zero-order valence-corrected chi connectivity index (χ0v) is 11.5. The molecule has 1 aliphatic heterocycles. The molecule has 4 heteroatoms. The van der Waals surface area contributed by atoms with Gasteiger partial charge >= 0.3 is 0 Å². The molecule has 2 unspecified atom stereocenters. The fourth-order valence-electron chi connectivity index (χ4n) is 2.62. The number of hydrogen-bond acceptors (Lipinski definition) is 4. The summed E-state index contributed by atoms with van der Waals surface area (Å²) in [6.07, 6.45) is 3.22. The average molecular weight is 257 g/mol. The Bertz CT molecular complexity index is 328. The monoisotopic (exact) mass is 257 g/mol. The van der Waals surface area contributed by atoms with E-state index >= 15 is 0 Å². The molecule has 0 aromatic rings. The van der Waals surface area contributed by atoms with Gasteiger partial charge in [-0.15, -0.1) is 23.5 Å². The Hall–Kier alpha value is 0.0700. The van der Waals surface area contributed by atoms with Gasteiger partial charge in [-0.1, -0.05) is 0 Å². The fourth-order valence-corrected chi connectivity index (χ4v) is 5.58. The van der Waals surface area contributed by atoms with Crippen LogP contribution in [0.15, 0.2) is 9.81 Å². The number of ketones is 1. The van der Waals surface area contributed by atoms with Gasteiger partial charge < -0.3 is 5.73 Å². The summed E-state index contributed by atoms with van der Waals surface area (Å²) in [5.74, 6) is 2.67. The zero-order chi connectivity index (χ0) is 11.8. The third-order valence-corrected chi connectivity index (χ3v) is 6.26. The molecular weight excluding hydrogens is 238 g/mol. The van der Waals surface area contributed by atoms with Crippen molar-refractivity contribution in [3.05, 3.63) is 9.81 Å². The molecule has 90 valence electrons. The normalized spacial score (nSPS) is 35.6. The first kappa shape index (κ1) is 12.5. The second-order valence-corrected chi connectivity index (χ2v) is 7.27. The largest absolute Gasteiger partial charge is 0.321 e. The van der Waals surface area contributed by atoms with E-state index in [0.29, 0.717) is 0 Å². The highest BCUT2D eigenvalue weighted by Gasteiger charge is 2.43. The highest BCUT2D eigenvalue weighted by atomic mass is 32.2. The maximum absolute atomic E-state index is 11.6. The van der Waals surface area contributed by atoms with E-state index in [4.69, 9.17) is 5.73 Å². The Balaban J connectivity index is 2.27. The third-order valence-electron chi connectivity index (χ3n) is 3.55. The van der Waals surface area contributed by atoms with Gasteiger partial charge in [-0.25, -0.2) is 0 Å². The van der Waals surface area contributed by atoms with E-state index in [9.17, 15) is 4.79 Å². The minimum Gasteiger partial charge on any atom is -0.321 e. The van der Waals surface area contributed by atoms with Crippen LogP contribution in [-0.2, 0) is 4.79 Å². The maximum Gasteiger partial charge on any atom is 0.135 e. The molecule has 2 fully saturated rings. The van der Waals surface area contributed by atoms with Crippen molar-refractivity contribution >= 4 is 29.3 Å². The molecular formula is C12H19NOS2. The van der Waals surface area contributed by atoms with Gasteiger partial charge in [-0.3, -0.25) is 4.79 Å². The highest BCUT2D eigenvalue weighted by Crippen LogP contribution is 2.47. The molecule has 0 amide bonds. The molecule has 0 bridgehead atoms. The van der Waals surface area contributed by atoms with Gasteiger partial charge in [-0.05, 0) is 50.2 Å². The summed E-state index contributed by atoms with van der Waals surface area (Å²) < 4.78 is 1.40. The van der Waals surface area contributed by atoms with Crippen LogP contribution in [0.3, 0.4) is 0 Å². The number of carbonyl (C=O) groups excluding carboxylic acids is 1. The van der Waals surface area contributed by atoms with E-state index < -0.39 is 5.54 Å². The van der Waals surface area contributed by atoms with Crippen LogP contribution in [0.25, 0.3) is 0 Å². The minimum atomic E-state index is -0.404. The summed E-state index contributed by atoms with van der Waals surface area (Å²) in [5.41, 5.74) is 7.32. The van der Waals surface area contributed by atoms with Crippen LogP contribution in [0.5, 0.6) is 0 Å². The maximum atomic E-state index is 11.6. The predicted molar refractivity (Wildman–Crippen MR) is 72.6 cm³/mol. The van der Waals surface area contributed by atoms with E-state index in [0.717, 1.165) is 12.8 Å². The van der Waals surface area contributed by atoms with Crippen LogP contribution in [0.4, 0.5) is 0 Å². The number of nitrogens with two attached hydrogens (primary N) is 1. The molecule has 2 rings (SSSR count). The summed E-state index contributed by atoms with van der Waals surface area (Å²) in [6.45, 7) is 3.70. The predicted octanol–water partition coefficient (Wildman–Crippen LogP) is 2.78. The lowest BCUT2D eigenvalue weighted by Crippen LogP contribution is -2.44. The lowest BCUT2D eigenvalue weighted by atomic mass is 9.85. The second kappa shape index (κ2) is 4.75. The van der Waals surface area contributed by atoms with Crippen molar-refractivity contribution in [2.45, 2.75) is 38.6 Å². The van der Waals surface area contributed by atoms with Crippen molar-refractivity contribution in [2.75, 3.05) is 11.5 Å². The number of Topliss-reactive ketones (excluding diaryl/α,β-unsaturated/α-hetero) is 1. The Labute approximate surface area is 106 Å². The average Bonchev–Trinajstić information content (AvgIpc) is 2.55. The van der Waals surface area contributed by atoms with Crippen molar-refractivity contribution < 1.29 is 4.79 Å². The van der Waals surface area contributed by atoms with Crippen LogP contribution < -0.4 is 5.73 Å². The first-order valence-electron chi connectivity index (χ1n) is 5.82. The highest BCUT2D eigenvalue weighted by molar-refractivity contribution is 8.22. The molecule has 1 saturated heterocycles. The SMILES string of the molecule is CC(=O)C1CCC(=C2SCCCS2)C1(C)N. The Morgan fingerprint density at radius 2 is 2.06 bits per heavy atom. The molecule has 0 radical (unpaired) electrons. The quantitative estimate of drug-likeness (QED) is 0.784. The number of hydrogen-bond donors (Lipinski definition) is 1. The van der Waals surface area contributed by atoms with Gasteiger partial charge in [0.15, 0.2) is 0 Å². The number of rotatable bonds is 1. The second-order valence-electron chi connectivity index (χ2n) is 4.80. The first-order valence-corrected chi connectivity index (χ1v) is 7.79. The molecule has 2 aliphatic rings. The summed E-state index contributed by atoms with van der Waals surface area (Å²) in [4.78, 5) is 11.6. The molecule has 0 spiro atoms. The summed E-state index contributed by atoms with van der Waals surface area (Å²) in [7, 11) is 0. The lowest BCUT2D eigenvalue weighted by molar-refractivity contribution is -0.121.